The second-order valence-corrected chi connectivity index (χ2v) is 7.24. The van der Waals surface area contributed by atoms with Gasteiger partial charge in [0.2, 0.25) is 5.91 Å². The highest BCUT2D eigenvalue weighted by molar-refractivity contribution is 7.98. The molecule has 0 atom stereocenters. The average molecular weight is 401 g/mol. The zero-order valence-corrected chi connectivity index (χ0v) is 18.0. The normalized spacial score (nSPS) is 10.6. The Labute approximate surface area is 171 Å². The van der Waals surface area contributed by atoms with E-state index >= 15 is 0 Å². The summed E-state index contributed by atoms with van der Waals surface area (Å²) in [6.45, 7) is 9.17. The lowest BCUT2D eigenvalue weighted by Crippen LogP contribution is -2.30. The third kappa shape index (κ3) is 5.55. The number of thioether (sulfide) groups is 1. The van der Waals surface area contributed by atoms with E-state index in [1.807, 2.05) is 34.0 Å². The Balaban J connectivity index is 1.96. The van der Waals surface area contributed by atoms with E-state index in [9.17, 15) is 9.59 Å². The lowest BCUT2D eigenvalue weighted by atomic mass is 10.1. The van der Waals surface area contributed by atoms with Gasteiger partial charge in [0.1, 0.15) is 0 Å². The van der Waals surface area contributed by atoms with Crippen molar-refractivity contribution < 1.29 is 9.59 Å². The second-order valence-electron chi connectivity index (χ2n) is 6.46. The van der Waals surface area contributed by atoms with Crippen LogP contribution in [0.1, 0.15) is 47.6 Å². The maximum atomic E-state index is 12.3. The molecule has 0 aliphatic rings. The lowest BCUT2D eigenvalue weighted by Gasteiger charge is -2.18. The highest BCUT2D eigenvalue weighted by Gasteiger charge is 2.13. The van der Waals surface area contributed by atoms with Crippen molar-refractivity contribution >= 4 is 29.3 Å². The van der Waals surface area contributed by atoms with Crippen molar-refractivity contribution in [2.75, 3.05) is 24.7 Å². The van der Waals surface area contributed by atoms with Gasteiger partial charge in [-0.2, -0.15) is 0 Å². The van der Waals surface area contributed by atoms with Gasteiger partial charge in [-0.05, 0) is 70.2 Å². The van der Waals surface area contributed by atoms with Crippen LogP contribution in [0.3, 0.4) is 0 Å². The number of rotatable bonds is 8. The van der Waals surface area contributed by atoms with Crippen LogP contribution in [0.4, 0.5) is 5.69 Å². The van der Waals surface area contributed by atoms with Crippen LogP contribution < -0.4 is 5.32 Å². The third-order valence-electron chi connectivity index (χ3n) is 4.65. The van der Waals surface area contributed by atoms with E-state index in [2.05, 4.69) is 15.3 Å². The second kappa shape index (κ2) is 10.2. The topological polar surface area (TPSA) is 75.2 Å². The van der Waals surface area contributed by atoms with Gasteiger partial charge in [-0.15, -0.1) is 0 Å². The summed E-state index contributed by atoms with van der Waals surface area (Å²) in [5.74, 6) is -0.0712. The van der Waals surface area contributed by atoms with E-state index in [1.165, 1.54) is 11.8 Å². The minimum atomic E-state index is -0.0736. The summed E-state index contributed by atoms with van der Waals surface area (Å²) in [7, 11) is 0. The number of amides is 2. The zero-order chi connectivity index (χ0) is 20.7. The highest BCUT2D eigenvalue weighted by atomic mass is 32.2. The van der Waals surface area contributed by atoms with E-state index in [4.69, 9.17) is 0 Å². The van der Waals surface area contributed by atoms with Crippen LogP contribution >= 0.6 is 11.8 Å². The maximum Gasteiger partial charge on any atom is 0.253 e. The molecule has 6 nitrogen and oxygen atoms in total. The molecule has 1 N–H and O–H groups in total. The number of carbonyl (C=O) groups is 2. The number of hydrogen-bond acceptors (Lipinski definition) is 5. The van der Waals surface area contributed by atoms with E-state index in [0.717, 1.165) is 22.1 Å². The van der Waals surface area contributed by atoms with Gasteiger partial charge in [0, 0.05) is 42.1 Å². The molecule has 0 spiro atoms. The first-order valence-electron chi connectivity index (χ1n) is 9.46. The van der Waals surface area contributed by atoms with Crippen LogP contribution in [-0.4, -0.2) is 46.0 Å². The summed E-state index contributed by atoms with van der Waals surface area (Å²) in [4.78, 5) is 35.3. The molecular formula is C21H28N4O2S. The SMILES string of the molecule is CCN(CC)C(=O)c1ccc(NC(=O)CCc2c(C)nc(SC)nc2C)cc1. The Morgan fingerprint density at radius 1 is 1.04 bits per heavy atom. The summed E-state index contributed by atoms with van der Waals surface area (Å²) in [6, 6.07) is 7.03. The molecule has 2 aromatic rings. The van der Waals surface area contributed by atoms with Crippen LogP contribution in [0.15, 0.2) is 29.4 Å². The number of anilines is 1. The number of aromatic nitrogens is 2. The number of carbonyl (C=O) groups excluding carboxylic acids is 2. The highest BCUT2D eigenvalue weighted by Crippen LogP contribution is 2.18. The molecule has 1 aromatic carbocycles. The van der Waals surface area contributed by atoms with Crippen LogP contribution in [-0.2, 0) is 11.2 Å². The molecule has 150 valence electrons. The summed E-state index contributed by atoms with van der Waals surface area (Å²) in [6.07, 6.45) is 2.89. The Bertz CT molecular complexity index is 810. The number of benzene rings is 1. The molecule has 0 unspecified atom stereocenters. The number of hydrogen-bond donors (Lipinski definition) is 1. The summed E-state index contributed by atoms with van der Waals surface area (Å²) < 4.78 is 0. The molecule has 0 bridgehead atoms. The maximum absolute atomic E-state index is 12.3. The third-order valence-corrected chi connectivity index (χ3v) is 5.20. The van der Waals surface area contributed by atoms with E-state index in [1.54, 1.807) is 29.2 Å². The van der Waals surface area contributed by atoms with Crippen molar-refractivity contribution in [3.8, 4) is 0 Å². The molecule has 0 radical (unpaired) electrons. The number of nitrogens with zero attached hydrogens (tertiary/aromatic N) is 3. The van der Waals surface area contributed by atoms with Gasteiger partial charge in [-0.25, -0.2) is 9.97 Å². The fourth-order valence-electron chi connectivity index (χ4n) is 3.01. The molecule has 7 heteroatoms. The smallest absolute Gasteiger partial charge is 0.253 e. The van der Waals surface area contributed by atoms with Crippen LogP contribution in [0.25, 0.3) is 0 Å². The van der Waals surface area contributed by atoms with Gasteiger partial charge in [0.15, 0.2) is 5.16 Å². The quantitative estimate of drug-likeness (QED) is 0.538. The fourth-order valence-corrected chi connectivity index (χ4v) is 3.47. The predicted octanol–water partition coefficient (Wildman–Crippen LogP) is 3.87. The predicted molar refractivity (Wildman–Crippen MR) is 114 cm³/mol. The largest absolute Gasteiger partial charge is 0.339 e. The molecular weight excluding hydrogens is 372 g/mol. The first-order valence-corrected chi connectivity index (χ1v) is 10.7. The molecule has 2 amide bonds. The molecule has 0 aliphatic heterocycles. The molecule has 0 saturated carbocycles. The molecule has 0 fully saturated rings. The van der Waals surface area contributed by atoms with Gasteiger partial charge in [0.05, 0.1) is 0 Å². The van der Waals surface area contributed by atoms with Crippen molar-refractivity contribution in [2.24, 2.45) is 0 Å². The van der Waals surface area contributed by atoms with Crippen molar-refractivity contribution in [1.82, 2.24) is 14.9 Å². The van der Waals surface area contributed by atoms with Gasteiger partial charge in [0.25, 0.3) is 5.91 Å². The molecule has 2 rings (SSSR count). The summed E-state index contributed by atoms with van der Waals surface area (Å²) >= 11 is 1.51. The molecule has 1 heterocycles. The van der Waals surface area contributed by atoms with Crippen molar-refractivity contribution in [2.45, 2.75) is 45.7 Å². The molecule has 1 aromatic heterocycles. The minimum absolute atomic E-state index is 0.00233. The van der Waals surface area contributed by atoms with E-state index < -0.39 is 0 Å². The first-order chi connectivity index (χ1) is 13.4. The van der Waals surface area contributed by atoms with Crippen molar-refractivity contribution in [1.29, 1.82) is 0 Å². The number of aryl methyl sites for hydroxylation is 2. The van der Waals surface area contributed by atoms with Gasteiger partial charge >= 0.3 is 0 Å². The van der Waals surface area contributed by atoms with Gasteiger partial charge in [-0.1, -0.05) is 11.8 Å². The van der Waals surface area contributed by atoms with Gasteiger partial charge in [-0.3, -0.25) is 9.59 Å². The van der Waals surface area contributed by atoms with Crippen LogP contribution in [0, 0.1) is 13.8 Å². The van der Waals surface area contributed by atoms with E-state index in [-0.39, 0.29) is 11.8 Å². The van der Waals surface area contributed by atoms with E-state index in [0.29, 0.717) is 37.2 Å². The Hall–Kier alpha value is -2.41. The van der Waals surface area contributed by atoms with Gasteiger partial charge < -0.3 is 10.2 Å². The van der Waals surface area contributed by atoms with Crippen molar-refractivity contribution in [3.63, 3.8) is 0 Å². The summed E-state index contributed by atoms with van der Waals surface area (Å²) in [5, 5.41) is 3.64. The zero-order valence-electron chi connectivity index (χ0n) is 17.2. The Morgan fingerprint density at radius 2 is 1.61 bits per heavy atom. The average Bonchev–Trinajstić information content (AvgIpc) is 2.68. The van der Waals surface area contributed by atoms with Crippen LogP contribution in [0.2, 0.25) is 0 Å². The monoisotopic (exact) mass is 400 g/mol. The van der Waals surface area contributed by atoms with Crippen LogP contribution in [0.5, 0.6) is 0 Å². The number of nitrogens with one attached hydrogen (secondary N) is 1. The molecule has 0 aliphatic carbocycles. The molecule has 28 heavy (non-hydrogen) atoms. The molecule has 0 saturated heterocycles. The fraction of sp³-hybridized carbons (Fsp3) is 0.429. The minimum Gasteiger partial charge on any atom is -0.339 e. The lowest BCUT2D eigenvalue weighted by molar-refractivity contribution is -0.116. The first kappa shape index (κ1) is 21.9. The Kier molecular flexibility index (Phi) is 7.99. The standard InChI is InChI=1S/C21H28N4O2S/c1-6-25(7-2)20(27)16-8-10-17(11-9-16)24-19(26)13-12-18-14(3)22-21(28-5)23-15(18)4/h8-11H,6-7,12-13H2,1-5H3,(H,24,26). The Morgan fingerprint density at radius 3 is 2.11 bits per heavy atom. The van der Waals surface area contributed by atoms with Crippen molar-refractivity contribution in [3.05, 3.63) is 46.8 Å². The summed E-state index contributed by atoms with van der Waals surface area (Å²) in [5.41, 5.74) is 4.17.